The number of halogens is 1. The van der Waals surface area contributed by atoms with Gasteiger partial charge in [0.25, 0.3) is 0 Å². The van der Waals surface area contributed by atoms with E-state index >= 15 is 0 Å². The number of benzene rings is 1. The molecule has 0 aliphatic rings. The highest BCUT2D eigenvalue weighted by Crippen LogP contribution is 2.25. The molecule has 0 aliphatic carbocycles. The van der Waals surface area contributed by atoms with Crippen molar-refractivity contribution in [1.29, 1.82) is 0 Å². The first-order chi connectivity index (χ1) is 9.78. The molecule has 0 saturated heterocycles. The lowest BCUT2D eigenvalue weighted by Gasteiger charge is -2.04. The second kappa shape index (κ2) is 8.49. The van der Waals surface area contributed by atoms with Crippen LogP contribution in [0.15, 0.2) is 33.1 Å². The van der Waals surface area contributed by atoms with Crippen molar-refractivity contribution in [3.8, 4) is 5.75 Å². The van der Waals surface area contributed by atoms with Crippen molar-refractivity contribution in [3.63, 3.8) is 0 Å². The maximum Gasteiger partial charge on any atom is 0.206 e. The molecule has 4 nitrogen and oxygen atoms in total. The zero-order valence-electron chi connectivity index (χ0n) is 11.1. The maximum atomic E-state index is 5.67. The standard InChI is InChI=1S/C13H16BrN3OS2/c1-2-6-15-12-16-17-13(20-12)19-8-7-18-11-5-3-4-10(14)9-11/h3-5,9H,2,6-8H2,1H3,(H,15,16). The Morgan fingerprint density at radius 3 is 3.10 bits per heavy atom. The van der Waals surface area contributed by atoms with Crippen molar-refractivity contribution in [2.24, 2.45) is 0 Å². The lowest BCUT2D eigenvalue weighted by atomic mass is 10.3. The lowest BCUT2D eigenvalue weighted by Crippen LogP contribution is -1.99. The van der Waals surface area contributed by atoms with Crippen LogP contribution in [0.5, 0.6) is 5.75 Å². The molecular formula is C13H16BrN3OS2. The van der Waals surface area contributed by atoms with Crippen molar-refractivity contribution < 1.29 is 4.74 Å². The van der Waals surface area contributed by atoms with E-state index in [1.54, 1.807) is 23.1 Å². The van der Waals surface area contributed by atoms with Gasteiger partial charge in [0, 0.05) is 16.8 Å². The molecule has 1 aromatic heterocycles. The van der Waals surface area contributed by atoms with Gasteiger partial charge in [-0.2, -0.15) is 0 Å². The zero-order chi connectivity index (χ0) is 14.2. The highest BCUT2D eigenvalue weighted by molar-refractivity contribution is 9.10. The Morgan fingerprint density at radius 2 is 2.30 bits per heavy atom. The van der Waals surface area contributed by atoms with Gasteiger partial charge in [0.15, 0.2) is 4.34 Å². The van der Waals surface area contributed by atoms with Crippen LogP contribution in [-0.2, 0) is 0 Å². The first-order valence-electron chi connectivity index (χ1n) is 6.36. The van der Waals surface area contributed by atoms with Gasteiger partial charge in [0.2, 0.25) is 5.13 Å². The van der Waals surface area contributed by atoms with Gasteiger partial charge in [-0.1, -0.05) is 52.0 Å². The Labute approximate surface area is 135 Å². The number of nitrogens with one attached hydrogen (secondary N) is 1. The molecule has 0 amide bonds. The first kappa shape index (κ1) is 15.6. The number of thioether (sulfide) groups is 1. The third-order valence-electron chi connectivity index (χ3n) is 2.31. The molecule has 2 rings (SSSR count). The van der Waals surface area contributed by atoms with Crippen LogP contribution in [0.2, 0.25) is 0 Å². The zero-order valence-corrected chi connectivity index (χ0v) is 14.4. The monoisotopic (exact) mass is 373 g/mol. The van der Waals surface area contributed by atoms with E-state index in [4.69, 9.17) is 4.74 Å². The second-order valence-corrected chi connectivity index (χ2v) is 7.19. The minimum absolute atomic E-state index is 0.651. The molecule has 1 heterocycles. The van der Waals surface area contributed by atoms with E-state index in [9.17, 15) is 0 Å². The van der Waals surface area contributed by atoms with Gasteiger partial charge in [0.05, 0.1) is 6.61 Å². The number of hydrogen-bond acceptors (Lipinski definition) is 6. The summed E-state index contributed by atoms with van der Waals surface area (Å²) in [7, 11) is 0. The van der Waals surface area contributed by atoms with Crippen molar-refractivity contribution in [2.75, 3.05) is 24.2 Å². The van der Waals surface area contributed by atoms with Gasteiger partial charge in [-0.05, 0) is 24.6 Å². The molecule has 0 aliphatic heterocycles. The highest BCUT2D eigenvalue weighted by atomic mass is 79.9. The van der Waals surface area contributed by atoms with Gasteiger partial charge in [0.1, 0.15) is 5.75 Å². The van der Waals surface area contributed by atoms with Gasteiger partial charge in [-0.3, -0.25) is 0 Å². The fraction of sp³-hybridized carbons (Fsp3) is 0.385. The SMILES string of the molecule is CCCNc1nnc(SCCOc2cccc(Br)c2)s1. The molecule has 0 saturated carbocycles. The van der Waals surface area contributed by atoms with Crippen LogP contribution in [0.1, 0.15) is 13.3 Å². The van der Waals surface area contributed by atoms with E-state index < -0.39 is 0 Å². The molecule has 0 unspecified atom stereocenters. The molecule has 108 valence electrons. The summed E-state index contributed by atoms with van der Waals surface area (Å²) in [5, 5.41) is 12.3. The predicted octanol–water partition coefficient (Wildman–Crippen LogP) is 4.29. The summed E-state index contributed by atoms with van der Waals surface area (Å²) in [4.78, 5) is 0. The van der Waals surface area contributed by atoms with Crippen LogP contribution in [0.4, 0.5) is 5.13 Å². The van der Waals surface area contributed by atoms with Gasteiger partial charge >= 0.3 is 0 Å². The molecule has 0 bridgehead atoms. The topological polar surface area (TPSA) is 47.0 Å². The fourth-order valence-corrected chi connectivity index (χ4v) is 3.46. The molecule has 20 heavy (non-hydrogen) atoms. The van der Waals surface area contributed by atoms with Crippen molar-refractivity contribution >= 4 is 44.2 Å². The third-order valence-corrected chi connectivity index (χ3v) is 4.78. The number of anilines is 1. The van der Waals surface area contributed by atoms with Crippen LogP contribution in [0.25, 0.3) is 0 Å². The van der Waals surface area contributed by atoms with E-state index in [0.29, 0.717) is 6.61 Å². The molecule has 1 N–H and O–H groups in total. The van der Waals surface area contributed by atoms with Crippen LogP contribution in [-0.4, -0.2) is 29.1 Å². The summed E-state index contributed by atoms with van der Waals surface area (Å²) in [6, 6.07) is 7.85. The van der Waals surface area contributed by atoms with E-state index in [2.05, 4.69) is 38.4 Å². The fourth-order valence-electron chi connectivity index (χ4n) is 1.42. The van der Waals surface area contributed by atoms with E-state index in [-0.39, 0.29) is 0 Å². The Balaban J connectivity index is 1.69. The number of hydrogen-bond donors (Lipinski definition) is 1. The smallest absolute Gasteiger partial charge is 0.206 e. The highest BCUT2D eigenvalue weighted by Gasteiger charge is 2.04. The van der Waals surface area contributed by atoms with Crippen LogP contribution >= 0.6 is 39.0 Å². The van der Waals surface area contributed by atoms with Gasteiger partial charge in [-0.25, -0.2) is 0 Å². The summed E-state index contributed by atoms with van der Waals surface area (Å²) >= 11 is 6.68. The Bertz CT molecular complexity index is 536. The maximum absolute atomic E-state index is 5.67. The first-order valence-corrected chi connectivity index (χ1v) is 8.96. The number of aromatic nitrogens is 2. The quantitative estimate of drug-likeness (QED) is 0.552. The van der Waals surface area contributed by atoms with Crippen molar-refractivity contribution in [2.45, 2.75) is 17.7 Å². The van der Waals surface area contributed by atoms with E-state index in [0.717, 1.165) is 38.4 Å². The average molecular weight is 374 g/mol. The van der Waals surface area contributed by atoms with Crippen molar-refractivity contribution in [1.82, 2.24) is 10.2 Å². The molecule has 0 radical (unpaired) electrons. The largest absolute Gasteiger partial charge is 0.493 e. The molecule has 1 aromatic carbocycles. The van der Waals surface area contributed by atoms with Crippen LogP contribution in [0, 0.1) is 0 Å². The molecular weight excluding hydrogens is 358 g/mol. The second-order valence-electron chi connectivity index (χ2n) is 3.95. The van der Waals surface area contributed by atoms with E-state index in [1.807, 2.05) is 24.3 Å². The Kier molecular flexibility index (Phi) is 6.62. The Morgan fingerprint density at radius 1 is 1.40 bits per heavy atom. The number of ether oxygens (including phenoxy) is 1. The number of nitrogens with zero attached hydrogens (tertiary/aromatic N) is 2. The number of rotatable bonds is 8. The average Bonchev–Trinajstić information content (AvgIpc) is 2.89. The molecule has 2 aromatic rings. The molecule has 7 heteroatoms. The third kappa shape index (κ3) is 5.30. The van der Waals surface area contributed by atoms with Crippen molar-refractivity contribution in [3.05, 3.63) is 28.7 Å². The summed E-state index contributed by atoms with van der Waals surface area (Å²) in [6.45, 7) is 3.71. The van der Waals surface area contributed by atoms with Crippen LogP contribution < -0.4 is 10.1 Å². The summed E-state index contributed by atoms with van der Waals surface area (Å²) in [5.41, 5.74) is 0. The lowest BCUT2D eigenvalue weighted by molar-refractivity contribution is 0.344. The summed E-state index contributed by atoms with van der Waals surface area (Å²) in [6.07, 6.45) is 1.09. The normalized spacial score (nSPS) is 10.5. The van der Waals surface area contributed by atoms with E-state index in [1.165, 1.54) is 0 Å². The minimum atomic E-state index is 0.651. The summed E-state index contributed by atoms with van der Waals surface area (Å²) < 4.78 is 7.67. The van der Waals surface area contributed by atoms with Crippen LogP contribution in [0.3, 0.4) is 0 Å². The summed E-state index contributed by atoms with van der Waals surface area (Å²) in [5.74, 6) is 1.73. The predicted molar refractivity (Wildman–Crippen MR) is 89.1 cm³/mol. The molecule has 0 atom stereocenters. The molecule has 0 fully saturated rings. The van der Waals surface area contributed by atoms with Gasteiger partial charge in [-0.15, -0.1) is 10.2 Å². The molecule has 0 spiro atoms. The minimum Gasteiger partial charge on any atom is -0.493 e. The Hall–Kier alpha value is -0.790. The van der Waals surface area contributed by atoms with Gasteiger partial charge < -0.3 is 10.1 Å².